The fraction of sp³-hybridized carbons (Fsp3) is 0.261. The molecule has 2 aromatic carbocycles. The van der Waals surface area contributed by atoms with E-state index in [2.05, 4.69) is 10.3 Å². The number of benzene rings is 2. The molecule has 1 atom stereocenters. The topological polar surface area (TPSA) is 107 Å². The summed E-state index contributed by atoms with van der Waals surface area (Å²) < 4.78 is 30.0. The number of carboxylic acid groups (broad SMARTS) is 1. The van der Waals surface area contributed by atoms with Crippen LogP contribution in [0.4, 0.5) is 9.52 Å². The number of aromatic nitrogens is 1. The summed E-state index contributed by atoms with van der Waals surface area (Å²) in [5.74, 6) is -0.162. The molecule has 180 valence electrons. The van der Waals surface area contributed by atoms with Crippen molar-refractivity contribution in [3.05, 3.63) is 64.9 Å². The van der Waals surface area contributed by atoms with Crippen molar-refractivity contribution >= 4 is 40.1 Å². The molecule has 1 heterocycles. The maximum absolute atomic E-state index is 13.2. The number of carbonyl (C=O) groups excluding carboxylic acids is 1. The van der Waals surface area contributed by atoms with Gasteiger partial charge in [0.05, 0.1) is 18.1 Å². The third-order valence-corrected chi connectivity index (χ3v) is 5.94. The Morgan fingerprint density at radius 3 is 2.62 bits per heavy atom. The minimum atomic E-state index is -0.894. The lowest BCUT2D eigenvalue weighted by Gasteiger charge is -2.16. The Labute approximate surface area is 204 Å². The maximum Gasteiger partial charge on any atom is 0.313 e. The molecule has 3 rings (SSSR count). The maximum atomic E-state index is 13.2. The van der Waals surface area contributed by atoms with Crippen LogP contribution in [0.3, 0.4) is 0 Å². The lowest BCUT2D eigenvalue weighted by Crippen LogP contribution is -2.18. The van der Waals surface area contributed by atoms with Gasteiger partial charge in [-0.1, -0.05) is 0 Å². The summed E-state index contributed by atoms with van der Waals surface area (Å²) >= 11 is 2.47. The molecule has 1 aromatic heterocycles. The fourth-order valence-electron chi connectivity index (χ4n) is 2.81. The Balaban J connectivity index is 1.76. The Morgan fingerprint density at radius 2 is 1.91 bits per heavy atom. The van der Waals surface area contributed by atoms with Crippen molar-refractivity contribution in [1.82, 2.24) is 4.98 Å². The summed E-state index contributed by atoms with van der Waals surface area (Å²) in [5.41, 5.74) is 0.952. The molecule has 0 unspecified atom stereocenters. The number of hydrogen-bond donors (Lipinski definition) is 2. The molecule has 0 radical (unpaired) electrons. The summed E-state index contributed by atoms with van der Waals surface area (Å²) in [5, 5.41) is 13.6. The summed E-state index contributed by atoms with van der Waals surface area (Å²) in [6.45, 7) is 2.18. The first-order valence-corrected chi connectivity index (χ1v) is 12.1. The summed E-state index contributed by atoms with van der Waals surface area (Å²) in [4.78, 5) is 27.9. The number of nitrogens with zero attached hydrogens (tertiary/aromatic N) is 1. The SMILES string of the molecule is COC[C@H](C)Oc1cc(Oc2ccc(F)cc2)cc(C(=O)Nc2nc(CSCC(=O)O)cs2)c1. The number of aliphatic carboxylic acids is 1. The van der Waals surface area contributed by atoms with Crippen LogP contribution >= 0.6 is 23.1 Å². The van der Waals surface area contributed by atoms with Gasteiger partial charge in [0.1, 0.15) is 29.2 Å². The zero-order chi connectivity index (χ0) is 24.5. The first-order chi connectivity index (χ1) is 16.3. The molecular formula is C23H23FN2O6S2. The highest BCUT2D eigenvalue weighted by Gasteiger charge is 2.15. The molecule has 0 spiro atoms. The van der Waals surface area contributed by atoms with Crippen molar-refractivity contribution in [1.29, 1.82) is 0 Å². The van der Waals surface area contributed by atoms with Gasteiger partial charge in [-0.3, -0.25) is 14.9 Å². The van der Waals surface area contributed by atoms with E-state index in [0.717, 1.165) is 0 Å². The highest BCUT2D eigenvalue weighted by atomic mass is 32.2. The van der Waals surface area contributed by atoms with E-state index in [-0.39, 0.29) is 23.2 Å². The van der Waals surface area contributed by atoms with Crippen LogP contribution in [0.1, 0.15) is 23.0 Å². The fourth-order valence-corrected chi connectivity index (χ4v) is 4.26. The largest absolute Gasteiger partial charge is 0.488 e. The molecule has 2 N–H and O–H groups in total. The smallest absolute Gasteiger partial charge is 0.313 e. The van der Waals surface area contributed by atoms with Gasteiger partial charge in [0, 0.05) is 29.9 Å². The van der Waals surface area contributed by atoms with E-state index in [4.69, 9.17) is 19.3 Å². The third-order valence-electron chi connectivity index (χ3n) is 4.18. The van der Waals surface area contributed by atoms with Crippen LogP contribution in [0, 0.1) is 5.82 Å². The Hall–Kier alpha value is -3.15. The van der Waals surface area contributed by atoms with E-state index in [1.165, 1.54) is 47.4 Å². The number of halogens is 1. The molecule has 34 heavy (non-hydrogen) atoms. The average molecular weight is 507 g/mol. The van der Waals surface area contributed by atoms with Crippen LogP contribution in [-0.4, -0.2) is 47.5 Å². The van der Waals surface area contributed by atoms with Crippen molar-refractivity contribution in [2.24, 2.45) is 0 Å². The van der Waals surface area contributed by atoms with Crippen molar-refractivity contribution in [2.75, 3.05) is 24.8 Å². The van der Waals surface area contributed by atoms with Gasteiger partial charge in [0.15, 0.2) is 5.13 Å². The number of thioether (sulfide) groups is 1. The van der Waals surface area contributed by atoms with Crippen molar-refractivity contribution < 1.29 is 33.3 Å². The van der Waals surface area contributed by atoms with E-state index >= 15 is 0 Å². The zero-order valence-corrected chi connectivity index (χ0v) is 20.1. The number of carbonyl (C=O) groups is 2. The van der Waals surface area contributed by atoms with Crippen LogP contribution in [0.2, 0.25) is 0 Å². The highest BCUT2D eigenvalue weighted by Crippen LogP contribution is 2.29. The van der Waals surface area contributed by atoms with Gasteiger partial charge in [0.25, 0.3) is 5.91 Å². The second-order valence-corrected chi connectivity index (χ2v) is 8.96. The van der Waals surface area contributed by atoms with Crippen LogP contribution in [0.15, 0.2) is 47.8 Å². The molecule has 11 heteroatoms. The van der Waals surface area contributed by atoms with Gasteiger partial charge in [-0.05, 0) is 43.3 Å². The molecule has 0 bridgehead atoms. The van der Waals surface area contributed by atoms with Gasteiger partial charge >= 0.3 is 5.97 Å². The normalized spacial score (nSPS) is 11.6. The van der Waals surface area contributed by atoms with Gasteiger partial charge in [-0.2, -0.15) is 0 Å². The van der Waals surface area contributed by atoms with Gasteiger partial charge in [-0.25, -0.2) is 9.37 Å². The number of nitrogens with one attached hydrogen (secondary N) is 1. The lowest BCUT2D eigenvalue weighted by atomic mass is 10.2. The van der Waals surface area contributed by atoms with Crippen LogP contribution < -0.4 is 14.8 Å². The molecular weight excluding hydrogens is 483 g/mol. The highest BCUT2D eigenvalue weighted by molar-refractivity contribution is 7.99. The zero-order valence-electron chi connectivity index (χ0n) is 18.4. The molecule has 0 aliphatic heterocycles. The van der Waals surface area contributed by atoms with E-state index in [0.29, 0.717) is 40.4 Å². The monoisotopic (exact) mass is 506 g/mol. The predicted molar refractivity (Wildman–Crippen MR) is 129 cm³/mol. The molecule has 0 saturated heterocycles. The second kappa shape index (κ2) is 12.4. The average Bonchev–Trinajstić information content (AvgIpc) is 3.22. The third kappa shape index (κ3) is 8.01. The summed E-state index contributed by atoms with van der Waals surface area (Å²) in [6.07, 6.45) is -0.271. The number of ether oxygens (including phenoxy) is 3. The molecule has 0 saturated carbocycles. The molecule has 0 aliphatic carbocycles. The van der Waals surface area contributed by atoms with Gasteiger partial charge in [0.2, 0.25) is 0 Å². The number of anilines is 1. The Bertz CT molecular complexity index is 1120. The van der Waals surface area contributed by atoms with Gasteiger partial charge in [-0.15, -0.1) is 23.1 Å². The predicted octanol–water partition coefficient (Wildman–Crippen LogP) is 5.06. The van der Waals surface area contributed by atoms with Crippen LogP contribution in [0.5, 0.6) is 17.2 Å². The van der Waals surface area contributed by atoms with Crippen LogP contribution in [0.25, 0.3) is 0 Å². The van der Waals surface area contributed by atoms with E-state index in [1.807, 2.05) is 6.92 Å². The first-order valence-electron chi connectivity index (χ1n) is 10.1. The minimum Gasteiger partial charge on any atom is -0.488 e. The Morgan fingerprint density at radius 1 is 1.18 bits per heavy atom. The quantitative estimate of drug-likeness (QED) is 0.351. The van der Waals surface area contributed by atoms with E-state index in [9.17, 15) is 14.0 Å². The van der Waals surface area contributed by atoms with E-state index in [1.54, 1.807) is 30.7 Å². The van der Waals surface area contributed by atoms with Crippen molar-refractivity contribution in [2.45, 2.75) is 18.8 Å². The summed E-state index contributed by atoms with van der Waals surface area (Å²) in [7, 11) is 1.56. The van der Waals surface area contributed by atoms with Crippen molar-refractivity contribution in [3.8, 4) is 17.2 Å². The Kier molecular flexibility index (Phi) is 9.25. The van der Waals surface area contributed by atoms with Crippen molar-refractivity contribution in [3.63, 3.8) is 0 Å². The molecule has 1 amide bonds. The molecule has 8 nitrogen and oxygen atoms in total. The molecule has 3 aromatic rings. The standard InChI is InChI=1S/C23H23FN2O6S2/c1-14(10-30-2)31-19-7-15(8-20(9-19)32-18-5-3-16(24)4-6-18)22(29)26-23-25-17(12-34-23)11-33-13-21(27)28/h3-9,12,14H,10-11,13H2,1-2H3,(H,27,28)(H,25,26,29)/t14-/m0/s1. The number of hydrogen-bond acceptors (Lipinski definition) is 8. The van der Waals surface area contributed by atoms with Crippen LogP contribution in [-0.2, 0) is 15.3 Å². The second-order valence-electron chi connectivity index (χ2n) is 7.12. The number of amides is 1. The minimum absolute atomic E-state index is 0.0235. The first kappa shape index (κ1) is 25.5. The summed E-state index contributed by atoms with van der Waals surface area (Å²) in [6, 6.07) is 10.3. The molecule has 0 aliphatic rings. The van der Waals surface area contributed by atoms with Gasteiger partial charge < -0.3 is 19.3 Å². The number of rotatable bonds is 12. The van der Waals surface area contributed by atoms with E-state index < -0.39 is 11.9 Å². The number of carboxylic acids is 1. The number of thiazole rings is 1. The lowest BCUT2D eigenvalue weighted by molar-refractivity contribution is -0.133. The number of methoxy groups -OCH3 is 1. The molecule has 0 fully saturated rings.